The summed E-state index contributed by atoms with van der Waals surface area (Å²) in [7, 11) is 0. The molecule has 0 saturated heterocycles. The van der Waals surface area contributed by atoms with Crippen LogP contribution in [0.1, 0.15) is 5.76 Å². The Morgan fingerprint density at radius 1 is 1.03 bits per heavy atom. The van der Waals surface area contributed by atoms with Crippen molar-refractivity contribution in [2.45, 2.75) is 13.0 Å². The maximum Gasteiger partial charge on any atom is 0.157 e. The van der Waals surface area contributed by atoms with Gasteiger partial charge in [-0.3, -0.25) is 0 Å². The second-order valence-electron chi connectivity index (χ2n) is 6.96. The maximum absolute atomic E-state index is 9.99. The predicted molar refractivity (Wildman–Crippen MR) is 113 cm³/mol. The molecule has 0 spiro atoms. The SMILES string of the molecule is Cc1cc(-c2cc3cc(OCCNC[C@H](O)COc4ccccc4)ccc3o2)no1. The highest BCUT2D eigenvalue weighted by atomic mass is 16.5. The fourth-order valence-corrected chi connectivity index (χ4v) is 3.00. The Kier molecular flexibility index (Phi) is 6.32. The van der Waals surface area contributed by atoms with Gasteiger partial charge in [0, 0.05) is 24.5 Å². The molecule has 2 aromatic carbocycles. The molecule has 30 heavy (non-hydrogen) atoms. The van der Waals surface area contributed by atoms with Crippen LogP contribution in [0.15, 0.2) is 69.6 Å². The first kappa shape index (κ1) is 20.0. The highest BCUT2D eigenvalue weighted by molar-refractivity contribution is 5.83. The van der Waals surface area contributed by atoms with Crippen LogP contribution in [-0.4, -0.2) is 42.7 Å². The van der Waals surface area contributed by atoms with E-state index >= 15 is 0 Å². The number of benzene rings is 2. The summed E-state index contributed by atoms with van der Waals surface area (Å²) in [6, 6.07) is 18.9. The van der Waals surface area contributed by atoms with Crippen molar-refractivity contribution in [3.8, 4) is 23.0 Å². The summed E-state index contributed by atoms with van der Waals surface area (Å²) in [5.41, 5.74) is 1.43. The Hall–Kier alpha value is -3.29. The lowest BCUT2D eigenvalue weighted by Crippen LogP contribution is -2.33. The smallest absolute Gasteiger partial charge is 0.157 e. The molecule has 0 unspecified atom stereocenters. The zero-order valence-electron chi connectivity index (χ0n) is 16.7. The van der Waals surface area contributed by atoms with Gasteiger partial charge in [-0.2, -0.15) is 0 Å². The number of fused-ring (bicyclic) bond motifs is 1. The first-order valence-electron chi connectivity index (χ1n) is 9.84. The monoisotopic (exact) mass is 408 g/mol. The number of nitrogens with zero attached hydrogens (tertiary/aromatic N) is 1. The molecule has 0 radical (unpaired) electrons. The molecule has 0 aliphatic rings. The Morgan fingerprint density at radius 3 is 2.70 bits per heavy atom. The number of hydrogen-bond donors (Lipinski definition) is 2. The first-order chi connectivity index (χ1) is 14.7. The molecule has 4 rings (SSSR count). The molecule has 2 aromatic heterocycles. The molecule has 4 aromatic rings. The Labute approximate surface area is 174 Å². The van der Waals surface area contributed by atoms with E-state index in [1.807, 2.05) is 67.6 Å². The molecular formula is C23H24N2O5. The molecule has 7 nitrogen and oxygen atoms in total. The summed E-state index contributed by atoms with van der Waals surface area (Å²) in [6.45, 7) is 3.59. The zero-order valence-corrected chi connectivity index (χ0v) is 16.7. The molecule has 156 valence electrons. The van der Waals surface area contributed by atoms with Gasteiger partial charge in [0.15, 0.2) is 5.76 Å². The molecule has 0 aliphatic carbocycles. The van der Waals surface area contributed by atoms with Crippen molar-refractivity contribution in [3.63, 3.8) is 0 Å². The maximum atomic E-state index is 9.99. The van der Waals surface area contributed by atoms with Crippen LogP contribution >= 0.6 is 0 Å². The summed E-state index contributed by atoms with van der Waals surface area (Å²) in [6.07, 6.45) is -0.592. The second-order valence-corrected chi connectivity index (χ2v) is 6.96. The number of nitrogens with one attached hydrogen (secondary N) is 1. The van der Waals surface area contributed by atoms with E-state index in [0.29, 0.717) is 31.2 Å². The molecule has 2 N–H and O–H groups in total. The molecule has 0 saturated carbocycles. The van der Waals surface area contributed by atoms with Gasteiger partial charge in [-0.1, -0.05) is 23.4 Å². The lowest BCUT2D eigenvalue weighted by molar-refractivity contribution is 0.105. The highest BCUT2D eigenvalue weighted by Gasteiger charge is 2.11. The van der Waals surface area contributed by atoms with Crippen LogP contribution in [-0.2, 0) is 0 Å². The van der Waals surface area contributed by atoms with Gasteiger partial charge in [-0.05, 0) is 43.3 Å². The summed E-state index contributed by atoms with van der Waals surface area (Å²) in [4.78, 5) is 0. The van der Waals surface area contributed by atoms with E-state index in [0.717, 1.165) is 28.2 Å². The summed E-state index contributed by atoms with van der Waals surface area (Å²) >= 11 is 0. The van der Waals surface area contributed by atoms with Crippen molar-refractivity contribution >= 4 is 11.0 Å². The van der Waals surface area contributed by atoms with Crippen LogP contribution in [0.2, 0.25) is 0 Å². The van der Waals surface area contributed by atoms with Gasteiger partial charge >= 0.3 is 0 Å². The summed E-state index contributed by atoms with van der Waals surface area (Å²) in [5.74, 6) is 2.89. The second kappa shape index (κ2) is 9.47. The molecule has 1 atom stereocenters. The van der Waals surface area contributed by atoms with Crippen LogP contribution in [0.4, 0.5) is 0 Å². The van der Waals surface area contributed by atoms with E-state index in [9.17, 15) is 5.11 Å². The van der Waals surface area contributed by atoms with Gasteiger partial charge in [0.25, 0.3) is 0 Å². The third-order valence-electron chi connectivity index (χ3n) is 4.48. The fraction of sp³-hybridized carbons (Fsp3) is 0.261. The lowest BCUT2D eigenvalue weighted by Gasteiger charge is -2.13. The average Bonchev–Trinajstić information content (AvgIpc) is 3.38. The van der Waals surface area contributed by atoms with Gasteiger partial charge in [-0.15, -0.1) is 0 Å². The predicted octanol–water partition coefficient (Wildman–Crippen LogP) is 3.80. The van der Waals surface area contributed by atoms with Gasteiger partial charge in [-0.25, -0.2) is 0 Å². The van der Waals surface area contributed by atoms with E-state index in [4.69, 9.17) is 18.4 Å². The number of aryl methyl sites for hydroxylation is 1. The molecule has 0 bridgehead atoms. The number of hydrogen-bond acceptors (Lipinski definition) is 7. The van der Waals surface area contributed by atoms with Crippen LogP contribution in [0, 0.1) is 6.92 Å². The Bertz CT molecular complexity index is 1070. The standard InChI is InChI=1S/C23H24N2O5/c1-16-11-21(25-30-16)23-13-17-12-20(7-8-22(17)29-23)27-10-9-24-14-18(26)15-28-19-5-3-2-4-6-19/h2-8,11-13,18,24,26H,9-10,14-15H2,1H3/t18-/m0/s1. The van der Waals surface area contributed by atoms with Crippen LogP contribution in [0.5, 0.6) is 11.5 Å². The number of furan rings is 1. The quantitative estimate of drug-likeness (QED) is 0.386. The topological polar surface area (TPSA) is 89.9 Å². The highest BCUT2D eigenvalue weighted by Crippen LogP contribution is 2.29. The van der Waals surface area contributed by atoms with Crippen molar-refractivity contribution in [3.05, 3.63) is 66.4 Å². The summed E-state index contributed by atoms with van der Waals surface area (Å²) in [5, 5.41) is 18.1. The number of ether oxygens (including phenoxy) is 2. The van der Waals surface area contributed by atoms with E-state index in [1.54, 1.807) is 0 Å². The minimum absolute atomic E-state index is 0.238. The minimum atomic E-state index is -0.592. The third-order valence-corrected chi connectivity index (χ3v) is 4.48. The van der Waals surface area contributed by atoms with Crippen molar-refractivity contribution in [1.29, 1.82) is 0 Å². The molecule has 7 heteroatoms. The lowest BCUT2D eigenvalue weighted by atomic mass is 10.2. The molecule has 2 heterocycles. The molecule has 0 amide bonds. The van der Waals surface area contributed by atoms with E-state index in [-0.39, 0.29) is 6.61 Å². The van der Waals surface area contributed by atoms with E-state index in [1.165, 1.54) is 0 Å². The normalized spacial score (nSPS) is 12.2. The van der Waals surface area contributed by atoms with Crippen LogP contribution in [0.3, 0.4) is 0 Å². The van der Waals surface area contributed by atoms with Gasteiger partial charge in [0.05, 0.1) is 0 Å². The van der Waals surface area contributed by atoms with Crippen LogP contribution in [0.25, 0.3) is 22.4 Å². The number of aliphatic hydroxyl groups is 1. The third kappa shape index (κ3) is 5.20. The minimum Gasteiger partial charge on any atom is -0.492 e. The summed E-state index contributed by atoms with van der Waals surface area (Å²) < 4.78 is 22.2. The molecule has 0 fully saturated rings. The van der Waals surface area contributed by atoms with Gasteiger partial charge in [0.2, 0.25) is 0 Å². The molecular weight excluding hydrogens is 384 g/mol. The Morgan fingerprint density at radius 2 is 1.90 bits per heavy atom. The average molecular weight is 408 g/mol. The van der Waals surface area contributed by atoms with Gasteiger partial charge in [0.1, 0.15) is 47.9 Å². The van der Waals surface area contributed by atoms with Crippen molar-refractivity contribution in [1.82, 2.24) is 10.5 Å². The van der Waals surface area contributed by atoms with Crippen molar-refractivity contribution in [2.24, 2.45) is 0 Å². The van der Waals surface area contributed by atoms with Gasteiger partial charge < -0.3 is 28.8 Å². The van der Waals surface area contributed by atoms with E-state index in [2.05, 4.69) is 10.5 Å². The van der Waals surface area contributed by atoms with E-state index < -0.39 is 6.10 Å². The number of aromatic nitrogens is 1. The van der Waals surface area contributed by atoms with Crippen molar-refractivity contribution < 1.29 is 23.5 Å². The number of rotatable bonds is 10. The number of para-hydroxylation sites is 1. The molecule has 0 aliphatic heterocycles. The first-order valence-corrected chi connectivity index (χ1v) is 9.84. The van der Waals surface area contributed by atoms with Crippen LogP contribution < -0.4 is 14.8 Å². The Balaban J connectivity index is 1.20. The largest absolute Gasteiger partial charge is 0.492 e. The van der Waals surface area contributed by atoms with Crippen molar-refractivity contribution in [2.75, 3.05) is 26.3 Å². The fourth-order valence-electron chi connectivity index (χ4n) is 3.00. The number of aliphatic hydroxyl groups excluding tert-OH is 1. The zero-order chi connectivity index (χ0) is 20.8.